The third-order valence-electron chi connectivity index (χ3n) is 2.81. The molecule has 1 rings (SSSR count). The number of nitrogens with one attached hydrogen (secondary N) is 1. The maximum Gasteiger partial charge on any atom is 0.242 e. The first-order chi connectivity index (χ1) is 9.00. The minimum absolute atomic E-state index is 0.0312. The van der Waals surface area contributed by atoms with Gasteiger partial charge in [-0.2, -0.15) is 4.98 Å². The van der Waals surface area contributed by atoms with Gasteiger partial charge < -0.3 is 20.9 Å². The molecule has 1 aromatic rings. The van der Waals surface area contributed by atoms with Crippen LogP contribution in [0.1, 0.15) is 33.6 Å². The zero-order valence-corrected chi connectivity index (χ0v) is 11.9. The Morgan fingerprint density at radius 3 is 2.79 bits per heavy atom. The first-order valence-corrected chi connectivity index (χ1v) is 6.58. The highest BCUT2D eigenvalue weighted by molar-refractivity contribution is 5.66. The van der Waals surface area contributed by atoms with E-state index in [4.69, 9.17) is 15.6 Å². The Morgan fingerprint density at radius 2 is 2.16 bits per heavy atom. The van der Waals surface area contributed by atoms with Crippen molar-refractivity contribution >= 4 is 11.5 Å². The van der Waals surface area contributed by atoms with E-state index in [9.17, 15) is 0 Å². The Balaban J connectivity index is 2.68. The Bertz CT molecular complexity index is 396. The van der Waals surface area contributed by atoms with Crippen molar-refractivity contribution < 1.29 is 9.84 Å². The fraction of sp³-hybridized carbons (Fsp3) is 0.692. The van der Waals surface area contributed by atoms with Crippen LogP contribution in [-0.2, 0) is 0 Å². The van der Waals surface area contributed by atoms with Gasteiger partial charge >= 0.3 is 0 Å². The van der Waals surface area contributed by atoms with Gasteiger partial charge in [-0.15, -0.1) is 0 Å². The van der Waals surface area contributed by atoms with E-state index < -0.39 is 0 Å². The van der Waals surface area contributed by atoms with E-state index in [1.54, 1.807) is 0 Å². The molecule has 0 aromatic carbocycles. The van der Waals surface area contributed by atoms with Crippen LogP contribution in [0, 0.1) is 5.41 Å². The third kappa shape index (κ3) is 4.90. The van der Waals surface area contributed by atoms with Crippen LogP contribution in [-0.4, -0.2) is 34.8 Å². The molecule has 0 bridgehead atoms. The zero-order chi connectivity index (χ0) is 14.3. The molecule has 0 spiro atoms. The summed E-state index contributed by atoms with van der Waals surface area (Å²) in [5.41, 5.74) is 6.36. The number of ether oxygens (including phenoxy) is 1. The maximum absolute atomic E-state index is 9.00. The van der Waals surface area contributed by atoms with Crippen LogP contribution >= 0.6 is 0 Å². The van der Waals surface area contributed by atoms with Gasteiger partial charge in [-0.05, 0) is 18.3 Å². The van der Waals surface area contributed by atoms with Crippen molar-refractivity contribution in [3.05, 3.63) is 6.33 Å². The van der Waals surface area contributed by atoms with Crippen LogP contribution in [0.3, 0.4) is 0 Å². The van der Waals surface area contributed by atoms with E-state index in [1.165, 1.54) is 6.33 Å². The Kier molecular flexibility index (Phi) is 5.82. The minimum Gasteiger partial charge on any atom is -0.476 e. The number of hydrogen-bond donors (Lipinski definition) is 3. The molecule has 0 aliphatic carbocycles. The van der Waals surface area contributed by atoms with Crippen molar-refractivity contribution in [2.75, 3.05) is 30.8 Å². The van der Waals surface area contributed by atoms with Crippen molar-refractivity contribution in [3.8, 4) is 5.88 Å². The van der Waals surface area contributed by atoms with Gasteiger partial charge in [0.2, 0.25) is 5.88 Å². The van der Waals surface area contributed by atoms with Crippen LogP contribution in [0.15, 0.2) is 6.33 Å². The number of hydrogen-bond acceptors (Lipinski definition) is 6. The summed E-state index contributed by atoms with van der Waals surface area (Å²) in [5, 5.41) is 12.2. The lowest BCUT2D eigenvalue weighted by atomic mass is 9.90. The molecule has 0 unspecified atom stereocenters. The molecule has 19 heavy (non-hydrogen) atoms. The predicted octanol–water partition coefficient (Wildman–Crippen LogP) is 1.67. The summed E-state index contributed by atoms with van der Waals surface area (Å²) in [6, 6.07) is 0. The molecule has 0 fully saturated rings. The Morgan fingerprint density at radius 1 is 1.42 bits per heavy atom. The van der Waals surface area contributed by atoms with Crippen molar-refractivity contribution in [2.24, 2.45) is 5.41 Å². The molecule has 0 radical (unpaired) electrons. The van der Waals surface area contributed by atoms with Crippen LogP contribution in [0.25, 0.3) is 0 Å². The number of aliphatic hydroxyl groups is 1. The molecule has 0 amide bonds. The van der Waals surface area contributed by atoms with Crippen molar-refractivity contribution in [1.82, 2.24) is 9.97 Å². The monoisotopic (exact) mass is 268 g/mol. The molecule has 0 saturated heterocycles. The second-order valence-corrected chi connectivity index (χ2v) is 5.28. The van der Waals surface area contributed by atoms with Crippen LogP contribution < -0.4 is 15.8 Å². The normalized spacial score (nSPS) is 11.4. The van der Waals surface area contributed by atoms with Gasteiger partial charge in [0.25, 0.3) is 0 Å². The molecule has 1 heterocycles. The highest BCUT2D eigenvalue weighted by Gasteiger charge is 2.18. The highest BCUT2D eigenvalue weighted by atomic mass is 16.5. The number of nitrogen functional groups attached to an aromatic ring is 1. The zero-order valence-electron chi connectivity index (χ0n) is 11.9. The quantitative estimate of drug-likeness (QED) is 0.664. The Labute approximate surface area is 114 Å². The van der Waals surface area contributed by atoms with E-state index >= 15 is 0 Å². The average molecular weight is 268 g/mol. The van der Waals surface area contributed by atoms with Gasteiger partial charge in [0.15, 0.2) is 5.82 Å². The van der Waals surface area contributed by atoms with E-state index in [0.717, 1.165) is 6.42 Å². The standard InChI is InChI=1S/C13H24N4O2/c1-4-7-19-12-10(14)11(16-9-17-12)15-8-13(2,3)5-6-18/h9,18H,4-8,14H2,1-3H3,(H,15,16,17). The number of nitrogens with two attached hydrogens (primary N) is 1. The van der Waals surface area contributed by atoms with Gasteiger partial charge in [0, 0.05) is 13.2 Å². The summed E-state index contributed by atoms with van der Waals surface area (Å²) >= 11 is 0. The molecule has 108 valence electrons. The van der Waals surface area contributed by atoms with Crippen LogP contribution in [0.5, 0.6) is 5.88 Å². The van der Waals surface area contributed by atoms with Crippen molar-refractivity contribution in [1.29, 1.82) is 0 Å². The predicted molar refractivity (Wildman–Crippen MR) is 76.2 cm³/mol. The summed E-state index contributed by atoms with van der Waals surface area (Å²) < 4.78 is 5.45. The summed E-state index contributed by atoms with van der Waals surface area (Å²) in [5.74, 6) is 0.992. The van der Waals surface area contributed by atoms with E-state index in [-0.39, 0.29) is 12.0 Å². The molecule has 0 saturated carbocycles. The second-order valence-electron chi connectivity index (χ2n) is 5.28. The summed E-state index contributed by atoms with van der Waals surface area (Å²) in [6.07, 6.45) is 3.04. The molecular weight excluding hydrogens is 244 g/mol. The first-order valence-electron chi connectivity index (χ1n) is 6.58. The number of aliphatic hydroxyl groups excluding tert-OH is 1. The van der Waals surface area contributed by atoms with Crippen molar-refractivity contribution in [2.45, 2.75) is 33.6 Å². The highest BCUT2D eigenvalue weighted by Crippen LogP contribution is 2.27. The first kappa shape index (κ1) is 15.5. The van der Waals surface area contributed by atoms with Gasteiger partial charge in [-0.3, -0.25) is 0 Å². The van der Waals surface area contributed by atoms with Crippen LogP contribution in [0.2, 0.25) is 0 Å². The fourth-order valence-corrected chi connectivity index (χ4v) is 1.55. The fourth-order valence-electron chi connectivity index (χ4n) is 1.55. The Hall–Kier alpha value is -1.56. The lowest BCUT2D eigenvalue weighted by molar-refractivity contribution is 0.220. The smallest absolute Gasteiger partial charge is 0.242 e. The summed E-state index contributed by atoms with van der Waals surface area (Å²) in [4.78, 5) is 8.14. The van der Waals surface area contributed by atoms with E-state index in [2.05, 4.69) is 29.1 Å². The number of anilines is 2. The lowest BCUT2D eigenvalue weighted by Crippen LogP contribution is -2.25. The maximum atomic E-state index is 9.00. The van der Waals surface area contributed by atoms with E-state index in [1.807, 2.05) is 6.92 Å². The third-order valence-corrected chi connectivity index (χ3v) is 2.81. The molecule has 4 N–H and O–H groups in total. The largest absolute Gasteiger partial charge is 0.476 e. The van der Waals surface area contributed by atoms with Crippen LogP contribution in [0.4, 0.5) is 11.5 Å². The molecule has 6 heteroatoms. The minimum atomic E-state index is -0.0312. The van der Waals surface area contributed by atoms with Gasteiger partial charge in [-0.25, -0.2) is 4.98 Å². The van der Waals surface area contributed by atoms with Crippen molar-refractivity contribution in [3.63, 3.8) is 0 Å². The molecule has 0 atom stereocenters. The second kappa shape index (κ2) is 7.13. The number of rotatable bonds is 8. The summed E-state index contributed by atoms with van der Waals surface area (Å²) in [7, 11) is 0. The molecule has 0 aliphatic rings. The van der Waals surface area contributed by atoms with Gasteiger partial charge in [0.05, 0.1) is 6.61 Å². The average Bonchev–Trinajstić information content (AvgIpc) is 2.36. The van der Waals surface area contributed by atoms with Gasteiger partial charge in [-0.1, -0.05) is 20.8 Å². The summed E-state index contributed by atoms with van der Waals surface area (Å²) in [6.45, 7) is 7.58. The number of aromatic nitrogens is 2. The molecule has 6 nitrogen and oxygen atoms in total. The van der Waals surface area contributed by atoms with E-state index in [0.29, 0.717) is 37.0 Å². The number of nitrogens with zero attached hydrogens (tertiary/aromatic N) is 2. The topological polar surface area (TPSA) is 93.3 Å². The molecule has 1 aromatic heterocycles. The van der Waals surface area contributed by atoms with Gasteiger partial charge in [0.1, 0.15) is 12.0 Å². The molecular formula is C13H24N4O2. The SMILES string of the molecule is CCCOc1ncnc(NCC(C)(C)CCO)c1N. The molecule has 0 aliphatic heterocycles. The lowest BCUT2D eigenvalue weighted by Gasteiger charge is -2.24.